The molecule has 0 heterocycles. The minimum absolute atomic E-state index is 0.146. The first-order valence-electron chi connectivity index (χ1n) is 9.43. The molecule has 6 nitrogen and oxygen atoms in total. The number of primary amides is 1. The Morgan fingerprint density at radius 1 is 1.07 bits per heavy atom. The van der Waals surface area contributed by atoms with Crippen LogP contribution >= 0.6 is 0 Å². The van der Waals surface area contributed by atoms with Gasteiger partial charge in [0.15, 0.2) is 0 Å². The fraction of sp³-hybridized carbons (Fsp3) is 0.318. The van der Waals surface area contributed by atoms with Crippen molar-refractivity contribution in [2.75, 3.05) is 0 Å². The van der Waals surface area contributed by atoms with Gasteiger partial charge in [-0.25, -0.2) is 0 Å². The summed E-state index contributed by atoms with van der Waals surface area (Å²) in [5.41, 5.74) is 8.11. The predicted octanol–water partition coefficient (Wildman–Crippen LogP) is 2.76. The number of carbonyl (C=O) groups is 3. The lowest BCUT2D eigenvalue weighted by Gasteiger charge is -2.19. The Hall–Kier alpha value is -3.15. The smallest absolute Gasteiger partial charge is 0.248 e. The number of rotatable bonds is 9. The molecule has 0 spiro atoms. The van der Waals surface area contributed by atoms with Crippen molar-refractivity contribution in [1.82, 2.24) is 10.6 Å². The minimum Gasteiger partial charge on any atom is -0.366 e. The number of aryl methyl sites for hydroxylation is 1. The van der Waals surface area contributed by atoms with Crippen LogP contribution in [0.15, 0.2) is 48.5 Å². The van der Waals surface area contributed by atoms with Gasteiger partial charge in [-0.3, -0.25) is 14.4 Å². The van der Waals surface area contributed by atoms with Gasteiger partial charge in [0.05, 0.1) is 0 Å². The molecule has 0 aromatic heterocycles. The summed E-state index contributed by atoms with van der Waals surface area (Å²) in [7, 11) is 0. The SMILES string of the molecule is CCCCC(=O)NC(C(=O)NCc1ccc(C(N)=O)c(C)c1)c1ccccc1. The third-order valence-electron chi connectivity index (χ3n) is 4.48. The highest BCUT2D eigenvalue weighted by atomic mass is 16.2. The molecule has 0 radical (unpaired) electrons. The number of amides is 3. The monoisotopic (exact) mass is 381 g/mol. The molecule has 0 aliphatic heterocycles. The van der Waals surface area contributed by atoms with E-state index in [0.29, 0.717) is 12.0 Å². The molecule has 0 fully saturated rings. The van der Waals surface area contributed by atoms with Gasteiger partial charge in [-0.1, -0.05) is 55.8 Å². The molecule has 6 heteroatoms. The van der Waals surface area contributed by atoms with E-state index in [0.717, 1.165) is 29.5 Å². The molecule has 4 N–H and O–H groups in total. The maximum atomic E-state index is 12.8. The number of hydrogen-bond acceptors (Lipinski definition) is 3. The van der Waals surface area contributed by atoms with Gasteiger partial charge in [0, 0.05) is 18.5 Å². The van der Waals surface area contributed by atoms with E-state index in [1.54, 1.807) is 19.1 Å². The molecule has 2 rings (SSSR count). The van der Waals surface area contributed by atoms with Crippen molar-refractivity contribution >= 4 is 17.7 Å². The molecule has 28 heavy (non-hydrogen) atoms. The highest BCUT2D eigenvalue weighted by Gasteiger charge is 2.22. The molecule has 1 unspecified atom stereocenters. The summed E-state index contributed by atoms with van der Waals surface area (Å²) in [6.07, 6.45) is 2.08. The van der Waals surface area contributed by atoms with Crippen LogP contribution in [-0.2, 0) is 16.1 Å². The molecule has 2 aromatic rings. The third-order valence-corrected chi connectivity index (χ3v) is 4.48. The Morgan fingerprint density at radius 2 is 1.79 bits per heavy atom. The molecule has 0 saturated heterocycles. The van der Waals surface area contributed by atoms with Crippen LogP contribution in [0.3, 0.4) is 0 Å². The van der Waals surface area contributed by atoms with Crippen LogP contribution in [0.1, 0.15) is 59.3 Å². The maximum Gasteiger partial charge on any atom is 0.248 e. The quantitative estimate of drug-likeness (QED) is 0.622. The Balaban J connectivity index is 2.08. The fourth-order valence-electron chi connectivity index (χ4n) is 2.92. The van der Waals surface area contributed by atoms with Crippen molar-refractivity contribution in [3.8, 4) is 0 Å². The standard InChI is InChI=1S/C22H27N3O3/c1-3-4-10-19(26)25-20(17-8-6-5-7-9-17)22(28)24-14-16-11-12-18(21(23)27)15(2)13-16/h5-9,11-13,20H,3-4,10,14H2,1-2H3,(H2,23,27)(H,24,28)(H,25,26). The Bertz CT molecular complexity index is 834. The van der Waals surface area contributed by atoms with Crippen LogP contribution in [0.4, 0.5) is 0 Å². The van der Waals surface area contributed by atoms with Crippen LogP contribution in [0.5, 0.6) is 0 Å². The van der Waals surface area contributed by atoms with Gasteiger partial charge in [-0.2, -0.15) is 0 Å². The number of benzene rings is 2. The summed E-state index contributed by atoms with van der Waals surface area (Å²) in [6.45, 7) is 4.10. The van der Waals surface area contributed by atoms with Gasteiger partial charge in [0.2, 0.25) is 17.7 Å². The van der Waals surface area contributed by atoms with Gasteiger partial charge in [0.1, 0.15) is 6.04 Å². The fourth-order valence-corrected chi connectivity index (χ4v) is 2.92. The zero-order valence-electron chi connectivity index (χ0n) is 16.3. The summed E-state index contributed by atoms with van der Waals surface area (Å²) in [5, 5.41) is 5.69. The second-order valence-electron chi connectivity index (χ2n) is 6.75. The number of nitrogens with one attached hydrogen (secondary N) is 2. The summed E-state index contributed by atoms with van der Waals surface area (Å²) in [5.74, 6) is -0.910. The Morgan fingerprint density at radius 3 is 2.39 bits per heavy atom. The zero-order chi connectivity index (χ0) is 20.5. The van der Waals surface area contributed by atoms with Crippen molar-refractivity contribution in [1.29, 1.82) is 0 Å². The lowest BCUT2D eigenvalue weighted by Crippen LogP contribution is -2.40. The average Bonchev–Trinajstić information content (AvgIpc) is 2.69. The number of nitrogens with two attached hydrogens (primary N) is 1. The summed E-state index contributed by atoms with van der Waals surface area (Å²) >= 11 is 0. The summed E-state index contributed by atoms with van der Waals surface area (Å²) in [4.78, 5) is 36.3. The van der Waals surface area contributed by atoms with Crippen molar-refractivity contribution in [3.05, 3.63) is 70.8 Å². The zero-order valence-corrected chi connectivity index (χ0v) is 16.3. The van der Waals surface area contributed by atoms with Gasteiger partial charge in [0.25, 0.3) is 0 Å². The van der Waals surface area contributed by atoms with Gasteiger partial charge in [-0.15, -0.1) is 0 Å². The van der Waals surface area contributed by atoms with Crippen LogP contribution in [0, 0.1) is 6.92 Å². The van der Waals surface area contributed by atoms with E-state index in [1.165, 1.54) is 0 Å². The lowest BCUT2D eigenvalue weighted by molar-refractivity contribution is -0.129. The van der Waals surface area contributed by atoms with Crippen LogP contribution < -0.4 is 16.4 Å². The first kappa shape index (κ1) is 21.2. The highest BCUT2D eigenvalue weighted by molar-refractivity contribution is 5.94. The van der Waals surface area contributed by atoms with E-state index in [-0.39, 0.29) is 18.4 Å². The molecule has 0 saturated carbocycles. The molecule has 3 amide bonds. The van der Waals surface area contributed by atoms with E-state index in [1.807, 2.05) is 43.3 Å². The van der Waals surface area contributed by atoms with Gasteiger partial charge >= 0.3 is 0 Å². The molecular weight excluding hydrogens is 354 g/mol. The van der Waals surface area contributed by atoms with E-state index < -0.39 is 11.9 Å². The largest absolute Gasteiger partial charge is 0.366 e. The van der Waals surface area contributed by atoms with Crippen LogP contribution in [-0.4, -0.2) is 17.7 Å². The topological polar surface area (TPSA) is 101 Å². The van der Waals surface area contributed by atoms with Gasteiger partial charge < -0.3 is 16.4 Å². The second kappa shape index (κ2) is 10.3. The molecule has 0 aliphatic rings. The second-order valence-corrected chi connectivity index (χ2v) is 6.75. The number of unbranched alkanes of at least 4 members (excludes halogenated alkanes) is 1. The lowest BCUT2D eigenvalue weighted by atomic mass is 10.0. The average molecular weight is 381 g/mol. The third kappa shape index (κ3) is 5.94. The number of carbonyl (C=O) groups excluding carboxylic acids is 3. The molecule has 0 aliphatic carbocycles. The van der Waals surface area contributed by atoms with E-state index in [2.05, 4.69) is 10.6 Å². The predicted molar refractivity (Wildman–Crippen MR) is 108 cm³/mol. The van der Waals surface area contributed by atoms with Gasteiger partial charge in [-0.05, 0) is 36.1 Å². The highest BCUT2D eigenvalue weighted by Crippen LogP contribution is 2.15. The Labute approximate surface area is 165 Å². The first-order valence-corrected chi connectivity index (χ1v) is 9.43. The molecule has 2 aromatic carbocycles. The van der Waals surface area contributed by atoms with Crippen LogP contribution in [0.2, 0.25) is 0 Å². The Kier molecular flexibility index (Phi) is 7.75. The normalized spacial score (nSPS) is 11.5. The van der Waals surface area contributed by atoms with Crippen molar-refractivity contribution in [2.24, 2.45) is 5.73 Å². The van der Waals surface area contributed by atoms with E-state index in [4.69, 9.17) is 5.73 Å². The minimum atomic E-state index is -0.753. The van der Waals surface area contributed by atoms with Crippen LogP contribution in [0.25, 0.3) is 0 Å². The van der Waals surface area contributed by atoms with Crippen molar-refractivity contribution < 1.29 is 14.4 Å². The molecular formula is C22H27N3O3. The molecule has 148 valence electrons. The maximum absolute atomic E-state index is 12.8. The first-order chi connectivity index (χ1) is 13.4. The summed E-state index contributed by atoms with van der Waals surface area (Å²) in [6, 6.07) is 13.6. The molecule has 0 bridgehead atoms. The molecule has 1 atom stereocenters. The summed E-state index contributed by atoms with van der Waals surface area (Å²) < 4.78 is 0. The van der Waals surface area contributed by atoms with Crippen molar-refractivity contribution in [3.63, 3.8) is 0 Å². The van der Waals surface area contributed by atoms with E-state index >= 15 is 0 Å². The van der Waals surface area contributed by atoms with E-state index in [9.17, 15) is 14.4 Å². The van der Waals surface area contributed by atoms with Crippen molar-refractivity contribution in [2.45, 2.75) is 45.7 Å². The number of hydrogen-bond donors (Lipinski definition) is 3.